The monoisotopic (exact) mass is 368 g/mol. The fourth-order valence-corrected chi connectivity index (χ4v) is 3.51. The first-order valence-electron chi connectivity index (χ1n) is 9.14. The van der Waals surface area contributed by atoms with Crippen LogP contribution in [0.4, 0.5) is 0 Å². The minimum absolute atomic E-state index is 0.119. The van der Waals surface area contributed by atoms with Crippen molar-refractivity contribution < 1.29 is 19.4 Å². The highest BCUT2D eigenvalue weighted by Crippen LogP contribution is 2.33. The summed E-state index contributed by atoms with van der Waals surface area (Å²) in [5, 5.41) is 9.57. The molecule has 142 valence electrons. The van der Waals surface area contributed by atoms with Crippen LogP contribution in [0.25, 0.3) is 0 Å². The van der Waals surface area contributed by atoms with Crippen molar-refractivity contribution in [2.24, 2.45) is 5.92 Å². The highest BCUT2D eigenvalue weighted by molar-refractivity contribution is 5.80. The van der Waals surface area contributed by atoms with Crippen molar-refractivity contribution in [2.45, 2.75) is 26.2 Å². The molecule has 1 aliphatic heterocycles. The number of likely N-dealkylation sites (tertiary alicyclic amines) is 1. The van der Waals surface area contributed by atoms with Crippen molar-refractivity contribution in [2.75, 3.05) is 19.7 Å². The van der Waals surface area contributed by atoms with E-state index >= 15 is 0 Å². The molecular formula is C21H24N2O4. The summed E-state index contributed by atoms with van der Waals surface area (Å²) < 4.78 is 5.69. The Morgan fingerprint density at radius 3 is 2.59 bits per heavy atom. The van der Waals surface area contributed by atoms with Crippen LogP contribution in [0.3, 0.4) is 0 Å². The summed E-state index contributed by atoms with van der Waals surface area (Å²) in [6.45, 7) is 4.36. The van der Waals surface area contributed by atoms with Crippen LogP contribution < -0.4 is 4.74 Å². The molecule has 1 fully saturated rings. The zero-order valence-electron chi connectivity index (χ0n) is 15.6. The number of rotatable bonds is 6. The van der Waals surface area contributed by atoms with E-state index in [1.54, 1.807) is 4.90 Å². The number of aryl methyl sites for hydroxylation is 2. The molecule has 6 heteroatoms. The molecule has 2 atom stereocenters. The summed E-state index contributed by atoms with van der Waals surface area (Å²) in [6.07, 6.45) is 0.714. The summed E-state index contributed by atoms with van der Waals surface area (Å²) in [6, 6.07) is 13.2. The van der Waals surface area contributed by atoms with Crippen LogP contribution in [0.5, 0.6) is 5.75 Å². The van der Waals surface area contributed by atoms with Gasteiger partial charge in [0, 0.05) is 24.7 Å². The number of amides is 1. The van der Waals surface area contributed by atoms with Gasteiger partial charge in [0.25, 0.3) is 5.91 Å². The Morgan fingerprint density at radius 2 is 1.93 bits per heavy atom. The molecule has 1 aliphatic rings. The van der Waals surface area contributed by atoms with Gasteiger partial charge in [0.2, 0.25) is 0 Å². The number of carboxylic acid groups (broad SMARTS) is 1. The molecule has 2 aromatic rings. The minimum Gasteiger partial charge on any atom is -0.482 e. The van der Waals surface area contributed by atoms with Crippen LogP contribution >= 0.6 is 0 Å². The molecule has 0 aliphatic carbocycles. The molecule has 1 aromatic carbocycles. The number of ether oxygens (including phenoxy) is 1. The fraction of sp³-hybridized carbons (Fsp3) is 0.381. The van der Waals surface area contributed by atoms with E-state index in [0.29, 0.717) is 18.7 Å². The molecule has 0 spiro atoms. The van der Waals surface area contributed by atoms with E-state index in [1.165, 1.54) is 0 Å². The Morgan fingerprint density at radius 1 is 1.19 bits per heavy atom. The van der Waals surface area contributed by atoms with E-state index in [1.807, 2.05) is 56.3 Å². The smallest absolute Gasteiger partial charge is 0.308 e. The average Bonchev–Trinajstić information content (AvgIpc) is 3.13. The van der Waals surface area contributed by atoms with E-state index in [0.717, 1.165) is 17.0 Å². The molecule has 1 saturated heterocycles. The lowest BCUT2D eigenvalue weighted by Gasteiger charge is -2.17. The number of hydrogen-bond acceptors (Lipinski definition) is 4. The quantitative estimate of drug-likeness (QED) is 0.848. The van der Waals surface area contributed by atoms with Crippen molar-refractivity contribution >= 4 is 11.9 Å². The topological polar surface area (TPSA) is 79.7 Å². The molecule has 0 radical (unpaired) electrons. The fourth-order valence-electron chi connectivity index (χ4n) is 3.51. The molecule has 3 rings (SSSR count). The number of aliphatic carboxylic acids is 1. The SMILES string of the molecule is CCc1nc(C)ccc1OCC(=O)N1C[C@@H](C(=O)O)[C@H](c2ccccc2)C1. The summed E-state index contributed by atoms with van der Waals surface area (Å²) >= 11 is 0. The minimum atomic E-state index is -0.879. The number of hydrogen-bond donors (Lipinski definition) is 1. The van der Waals surface area contributed by atoms with E-state index in [9.17, 15) is 14.7 Å². The van der Waals surface area contributed by atoms with Gasteiger partial charge >= 0.3 is 5.97 Å². The Labute approximate surface area is 158 Å². The summed E-state index contributed by atoms with van der Waals surface area (Å²) in [7, 11) is 0. The molecule has 2 heterocycles. The number of carboxylic acids is 1. The zero-order chi connectivity index (χ0) is 19.4. The second-order valence-corrected chi connectivity index (χ2v) is 6.80. The molecular weight excluding hydrogens is 344 g/mol. The third kappa shape index (κ3) is 4.27. The summed E-state index contributed by atoms with van der Waals surface area (Å²) in [5.41, 5.74) is 2.66. The third-order valence-corrected chi connectivity index (χ3v) is 4.98. The lowest BCUT2D eigenvalue weighted by atomic mass is 9.89. The maximum absolute atomic E-state index is 12.6. The van der Waals surface area contributed by atoms with Crippen molar-refractivity contribution in [1.29, 1.82) is 0 Å². The predicted molar refractivity (Wildman–Crippen MR) is 101 cm³/mol. The van der Waals surface area contributed by atoms with Crippen LogP contribution in [-0.4, -0.2) is 46.6 Å². The third-order valence-electron chi connectivity index (χ3n) is 4.98. The first kappa shape index (κ1) is 18.9. The highest BCUT2D eigenvalue weighted by Gasteiger charge is 2.40. The normalized spacial score (nSPS) is 19.1. The molecule has 0 bridgehead atoms. The molecule has 27 heavy (non-hydrogen) atoms. The van der Waals surface area contributed by atoms with Crippen molar-refractivity contribution in [1.82, 2.24) is 9.88 Å². The number of benzene rings is 1. The Hall–Kier alpha value is -2.89. The predicted octanol–water partition coefficient (Wildman–Crippen LogP) is 2.66. The van der Waals surface area contributed by atoms with Crippen molar-refractivity contribution in [3.05, 3.63) is 59.4 Å². The van der Waals surface area contributed by atoms with E-state index in [2.05, 4.69) is 4.98 Å². The first-order valence-corrected chi connectivity index (χ1v) is 9.14. The lowest BCUT2D eigenvalue weighted by Crippen LogP contribution is -2.34. The van der Waals surface area contributed by atoms with Crippen LogP contribution in [0.1, 0.15) is 29.8 Å². The van der Waals surface area contributed by atoms with Crippen LogP contribution in [0.2, 0.25) is 0 Å². The van der Waals surface area contributed by atoms with Gasteiger partial charge in [-0.2, -0.15) is 0 Å². The largest absolute Gasteiger partial charge is 0.482 e. The van der Waals surface area contributed by atoms with Crippen molar-refractivity contribution in [3.63, 3.8) is 0 Å². The van der Waals surface area contributed by atoms with Gasteiger partial charge in [-0.1, -0.05) is 37.3 Å². The maximum atomic E-state index is 12.6. The van der Waals surface area contributed by atoms with Crippen LogP contribution in [0.15, 0.2) is 42.5 Å². The first-order chi connectivity index (χ1) is 13.0. The van der Waals surface area contributed by atoms with Gasteiger partial charge in [-0.15, -0.1) is 0 Å². The molecule has 1 aromatic heterocycles. The van der Waals surface area contributed by atoms with Gasteiger partial charge in [0.05, 0.1) is 11.6 Å². The van der Waals surface area contributed by atoms with Gasteiger partial charge in [0.1, 0.15) is 5.75 Å². The summed E-state index contributed by atoms with van der Waals surface area (Å²) in [5.74, 6) is -1.30. The van der Waals surface area contributed by atoms with Gasteiger partial charge in [-0.25, -0.2) is 0 Å². The molecule has 1 amide bonds. The Balaban J connectivity index is 1.68. The second kappa shape index (κ2) is 8.20. The van der Waals surface area contributed by atoms with Gasteiger partial charge in [0.15, 0.2) is 6.61 Å². The van der Waals surface area contributed by atoms with Gasteiger partial charge in [-0.3, -0.25) is 14.6 Å². The molecule has 1 N–H and O–H groups in total. The van der Waals surface area contributed by atoms with Crippen molar-refractivity contribution in [3.8, 4) is 5.75 Å². The number of aromatic nitrogens is 1. The van der Waals surface area contributed by atoms with E-state index in [-0.39, 0.29) is 25.0 Å². The number of pyridine rings is 1. The number of carbonyl (C=O) groups is 2. The standard InChI is InChI=1S/C21H24N2O4/c1-3-18-19(10-9-14(2)22-18)27-13-20(24)23-11-16(17(12-23)21(25)26)15-7-5-4-6-8-15/h4-10,16-17H,3,11-13H2,1-2H3,(H,25,26)/t16-,17+/m0/s1. The van der Waals surface area contributed by atoms with Crippen LogP contribution in [0, 0.1) is 12.8 Å². The van der Waals surface area contributed by atoms with Gasteiger partial charge in [-0.05, 0) is 31.0 Å². The highest BCUT2D eigenvalue weighted by atomic mass is 16.5. The molecule has 6 nitrogen and oxygen atoms in total. The van der Waals surface area contributed by atoms with E-state index < -0.39 is 11.9 Å². The Kier molecular flexibility index (Phi) is 5.74. The second-order valence-electron chi connectivity index (χ2n) is 6.80. The number of nitrogens with zero attached hydrogens (tertiary/aromatic N) is 2. The maximum Gasteiger partial charge on any atom is 0.308 e. The van der Waals surface area contributed by atoms with Gasteiger partial charge < -0.3 is 14.7 Å². The summed E-state index contributed by atoms with van der Waals surface area (Å²) in [4.78, 5) is 30.3. The van der Waals surface area contributed by atoms with Crippen LogP contribution in [-0.2, 0) is 16.0 Å². The number of carbonyl (C=O) groups excluding carboxylic acids is 1. The lowest BCUT2D eigenvalue weighted by molar-refractivity contribution is -0.142. The molecule has 0 unspecified atom stereocenters. The Bertz CT molecular complexity index is 822. The molecule has 0 saturated carbocycles. The van der Waals surface area contributed by atoms with E-state index in [4.69, 9.17) is 4.74 Å². The zero-order valence-corrected chi connectivity index (χ0v) is 15.6. The average molecular weight is 368 g/mol.